The molecule has 8 nitrogen and oxygen atoms in total. The number of aliphatic hydroxyl groups is 2. The number of rotatable bonds is 2. The Hall–Kier alpha value is -1.38. The van der Waals surface area contributed by atoms with Crippen molar-refractivity contribution in [3.05, 3.63) is 0 Å². The first-order valence-electron chi connectivity index (χ1n) is 7.12. The van der Waals surface area contributed by atoms with Crippen LogP contribution in [0.3, 0.4) is 0 Å². The van der Waals surface area contributed by atoms with Gasteiger partial charge < -0.3 is 30.9 Å². The minimum Gasteiger partial charge on any atom is -0.387 e. The number of carbonyl (C=O) groups excluding carboxylic acids is 2. The third-order valence-electron chi connectivity index (χ3n) is 4.46. The third-order valence-corrected chi connectivity index (χ3v) is 4.46. The van der Waals surface area contributed by atoms with Crippen LogP contribution in [0.2, 0.25) is 0 Å². The van der Waals surface area contributed by atoms with Crippen LogP contribution in [0.5, 0.6) is 0 Å². The van der Waals surface area contributed by atoms with Crippen molar-refractivity contribution >= 4 is 11.9 Å². The van der Waals surface area contributed by atoms with Crippen LogP contribution in [0, 0.1) is 0 Å². The van der Waals surface area contributed by atoms with Gasteiger partial charge >= 0.3 is 6.03 Å². The Bertz CT molecular complexity index is 418. The van der Waals surface area contributed by atoms with Crippen molar-refractivity contribution in [3.8, 4) is 0 Å². The number of likely N-dealkylation sites (tertiary alicyclic amines) is 1. The lowest BCUT2D eigenvalue weighted by Gasteiger charge is -2.51. The van der Waals surface area contributed by atoms with Gasteiger partial charge in [-0.05, 0) is 19.8 Å². The molecule has 5 N–H and O–H groups in total. The molecular weight excluding hydrogens is 278 g/mol. The number of hydrogen-bond donors (Lipinski definition) is 4. The number of hydrogen-bond acceptors (Lipinski definition) is 5. The molecule has 0 unspecified atom stereocenters. The molecule has 0 radical (unpaired) electrons. The first kappa shape index (κ1) is 16.0. The van der Waals surface area contributed by atoms with Crippen LogP contribution in [-0.4, -0.2) is 70.6 Å². The molecule has 2 saturated heterocycles. The molecule has 3 amide bonds. The van der Waals surface area contributed by atoms with Gasteiger partial charge in [-0.1, -0.05) is 0 Å². The molecule has 0 aromatic rings. The van der Waals surface area contributed by atoms with E-state index in [0.717, 1.165) is 0 Å². The number of primary amides is 1. The Morgan fingerprint density at radius 2 is 2.00 bits per heavy atom. The Kier molecular flexibility index (Phi) is 4.40. The monoisotopic (exact) mass is 301 g/mol. The van der Waals surface area contributed by atoms with Crippen molar-refractivity contribution < 1.29 is 24.5 Å². The Balaban J connectivity index is 1.93. The summed E-state index contributed by atoms with van der Waals surface area (Å²) in [4.78, 5) is 24.1. The van der Waals surface area contributed by atoms with Crippen molar-refractivity contribution in [2.45, 2.75) is 43.5 Å². The summed E-state index contributed by atoms with van der Waals surface area (Å²) in [5.41, 5.74) is 2.96. The maximum absolute atomic E-state index is 11.9. The van der Waals surface area contributed by atoms with E-state index in [0.29, 0.717) is 39.0 Å². The lowest BCUT2D eigenvalue weighted by molar-refractivity contribution is -0.245. The zero-order valence-electron chi connectivity index (χ0n) is 12.2. The summed E-state index contributed by atoms with van der Waals surface area (Å²) in [6.45, 7) is 2.68. The Labute approximate surface area is 123 Å². The summed E-state index contributed by atoms with van der Waals surface area (Å²) in [7, 11) is 0. The van der Waals surface area contributed by atoms with Gasteiger partial charge in [0.15, 0.2) is 0 Å². The van der Waals surface area contributed by atoms with Gasteiger partial charge in [-0.25, -0.2) is 4.79 Å². The molecule has 2 heterocycles. The quantitative estimate of drug-likeness (QED) is 0.496. The van der Waals surface area contributed by atoms with Gasteiger partial charge in [-0.15, -0.1) is 0 Å². The molecule has 2 aliphatic heterocycles. The Morgan fingerprint density at radius 3 is 2.57 bits per heavy atom. The highest BCUT2D eigenvalue weighted by molar-refractivity contribution is 5.83. The summed E-state index contributed by atoms with van der Waals surface area (Å²) >= 11 is 0. The number of amides is 3. The first-order chi connectivity index (χ1) is 9.77. The molecule has 8 heteroatoms. The summed E-state index contributed by atoms with van der Waals surface area (Å²) in [6.07, 6.45) is 0.320. The van der Waals surface area contributed by atoms with Crippen molar-refractivity contribution in [1.82, 2.24) is 10.2 Å². The second-order valence-electron chi connectivity index (χ2n) is 6.02. The van der Waals surface area contributed by atoms with Crippen LogP contribution >= 0.6 is 0 Å². The van der Waals surface area contributed by atoms with E-state index in [4.69, 9.17) is 10.5 Å². The van der Waals surface area contributed by atoms with Crippen LogP contribution in [0.15, 0.2) is 0 Å². The normalized spacial score (nSPS) is 32.0. The van der Waals surface area contributed by atoms with E-state index in [1.54, 1.807) is 11.8 Å². The predicted molar refractivity (Wildman–Crippen MR) is 73.3 cm³/mol. The molecule has 2 atom stereocenters. The molecule has 120 valence electrons. The fourth-order valence-corrected chi connectivity index (χ4v) is 3.07. The fourth-order valence-electron chi connectivity index (χ4n) is 3.07. The zero-order valence-corrected chi connectivity index (χ0v) is 12.2. The van der Waals surface area contributed by atoms with Gasteiger partial charge in [-0.2, -0.15) is 0 Å². The van der Waals surface area contributed by atoms with Crippen LogP contribution in [0.1, 0.15) is 26.2 Å². The van der Waals surface area contributed by atoms with Gasteiger partial charge in [0.05, 0.1) is 18.8 Å². The summed E-state index contributed by atoms with van der Waals surface area (Å²) < 4.78 is 5.74. The number of carbonyl (C=O) groups is 2. The molecule has 2 fully saturated rings. The van der Waals surface area contributed by atoms with E-state index in [2.05, 4.69) is 5.32 Å². The molecule has 0 saturated carbocycles. The molecule has 2 rings (SSSR count). The Morgan fingerprint density at radius 1 is 1.38 bits per heavy atom. The summed E-state index contributed by atoms with van der Waals surface area (Å²) in [5.74, 6) is -0.222. The average molecular weight is 301 g/mol. The molecule has 0 aromatic heterocycles. The summed E-state index contributed by atoms with van der Waals surface area (Å²) in [5, 5.41) is 22.8. The standard InChI is InChI=1S/C13H23N3O5/c1-12(20)4-7-21-13(10(12)18)2-5-16(6-3-13)9(17)8-15-11(14)19/h10,18,20H,2-8H2,1H3,(H3,14,15,19)/t10-,12+/m0/s1. The number of nitrogens with two attached hydrogens (primary N) is 1. The maximum Gasteiger partial charge on any atom is 0.312 e. The summed E-state index contributed by atoms with van der Waals surface area (Å²) in [6, 6.07) is -0.737. The second-order valence-corrected chi connectivity index (χ2v) is 6.02. The highest BCUT2D eigenvalue weighted by atomic mass is 16.5. The van der Waals surface area contributed by atoms with Gasteiger partial charge in [0.1, 0.15) is 11.7 Å². The van der Waals surface area contributed by atoms with Crippen LogP contribution in [0.4, 0.5) is 4.79 Å². The molecule has 0 aromatic carbocycles. The number of nitrogens with zero attached hydrogens (tertiary/aromatic N) is 1. The second kappa shape index (κ2) is 5.78. The number of ether oxygens (including phenoxy) is 1. The molecule has 0 bridgehead atoms. The smallest absolute Gasteiger partial charge is 0.312 e. The third kappa shape index (κ3) is 3.28. The molecule has 2 aliphatic rings. The number of urea groups is 1. The van der Waals surface area contributed by atoms with Gasteiger partial charge in [0.2, 0.25) is 5.91 Å². The van der Waals surface area contributed by atoms with E-state index < -0.39 is 23.3 Å². The largest absolute Gasteiger partial charge is 0.387 e. The lowest BCUT2D eigenvalue weighted by Crippen LogP contribution is -2.64. The van der Waals surface area contributed by atoms with Crippen LogP contribution in [0.25, 0.3) is 0 Å². The fraction of sp³-hybridized carbons (Fsp3) is 0.846. The van der Waals surface area contributed by atoms with Crippen molar-refractivity contribution in [1.29, 1.82) is 0 Å². The van der Waals surface area contributed by atoms with Gasteiger partial charge in [-0.3, -0.25) is 4.79 Å². The first-order valence-corrected chi connectivity index (χ1v) is 7.12. The van der Waals surface area contributed by atoms with E-state index in [-0.39, 0.29) is 12.5 Å². The van der Waals surface area contributed by atoms with Crippen molar-refractivity contribution in [2.24, 2.45) is 5.73 Å². The lowest BCUT2D eigenvalue weighted by atomic mass is 9.75. The average Bonchev–Trinajstić information content (AvgIpc) is 2.43. The van der Waals surface area contributed by atoms with E-state index in [1.165, 1.54) is 0 Å². The molecule has 0 aliphatic carbocycles. The predicted octanol–water partition coefficient (Wildman–Crippen LogP) is -1.45. The highest BCUT2D eigenvalue weighted by Crippen LogP contribution is 2.39. The molecular formula is C13H23N3O5. The van der Waals surface area contributed by atoms with Crippen molar-refractivity contribution in [3.63, 3.8) is 0 Å². The van der Waals surface area contributed by atoms with Gasteiger partial charge in [0, 0.05) is 19.5 Å². The zero-order chi connectivity index (χ0) is 15.7. The minimum absolute atomic E-state index is 0.135. The number of piperidine rings is 1. The number of nitrogens with one attached hydrogen (secondary N) is 1. The van der Waals surface area contributed by atoms with E-state index in [9.17, 15) is 19.8 Å². The minimum atomic E-state index is -1.17. The maximum atomic E-state index is 11.9. The van der Waals surface area contributed by atoms with E-state index in [1.807, 2.05) is 0 Å². The topological polar surface area (TPSA) is 125 Å². The van der Waals surface area contributed by atoms with Crippen molar-refractivity contribution in [2.75, 3.05) is 26.2 Å². The van der Waals surface area contributed by atoms with Gasteiger partial charge in [0.25, 0.3) is 0 Å². The van der Waals surface area contributed by atoms with Crippen LogP contribution < -0.4 is 11.1 Å². The SMILES string of the molecule is C[C@@]1(O)CCOC2(CCN(C(=O)CNC(N)=O)CC2)[C@H]1O. The van der Waals surface area contributed by atoms with Crippen LogP contribution in [-0.2, 0) is 9.53 Å². The van der Waals surface area contributed by atoms with E-state index >= 15 is 0 Å². The molecule has 1 spiro atoms. The highest BCUT2D eigenvalue weighted by Gasteiger charge is 2.52. The molecule has 21 heavy (non-hydrogen) atoms. The number of aliphatic hydroxyl groups excluding tert-OH is 1.